The maximum Gasteiger partial charge on any atom is 0.239 e. The van der Waals surface area contributed by atoms with Gasteiger partial charge in [-0.2, -0.15) is 0 Å². The van der Waals surface area contributed by atoms with Crippen molar-refractivity contribution in [1.29, 1.82) is 0 Å². The van der Waals surface area contributed by atoms with Crippen molar-refractivity contribution < 1.29 is 19.1 Å². The minimum absolute atomic E-state index is 0.0263. The van der Waals surface area contributed by atoms with Gasteiger partial charge in [-0.3, -0.25) is 9.59 Å². The number of rotatable bonds is 2. The van der Waals surface area contributed by atoms with Crippen LogP contribution < -0.4 is 20.1 Å². The Morgan fingerprint density at radius 2 is 1.89 bits per heavy atom. The molecular formula is C20H25N3O4. The van der Waals surface area contributed by atoms with Gasteiger partial charge in [0.25, 0.3) is 0 Å². The first-order valence-electron chi connectivity index (χ1n) is 9.87. The Morgan fingerprint density at radius 3 is 2.70 bits per heavy atom. The number of ether oxygens (including phenoxy) is 2. The highest BCUT2D eigenvalue weighted by Gasteiger charge is 2.46. The summed E-state index contributed by atoms with van der Waals surface area (Å²) in [6.45, 7) is 3.05. The van der Waals surface area contributed by atoms with Crippen LogP contribution in [-0.2, 0) is 9.59 Å². The zero-order valence-corrected chi connectivity index (χ0v) is 15.3. The van der Waals surface area contributed by atoms with Gasteiger partial charge in [0.2, 0.25) is 11.8 Å². The predicted octanol–water partition coefficient (Wildman–Crippen LogP) is 1.01. The van der Waals surface area contributed by atoms with E-state index >= 15 is 0 Å². The lowest BCUT2D eigenvalue weighted by Crippen LogP contribution is -2.40. The third-order valence-electron chi connectivity index (χ3n) is 6.57. The summed E-state index contributed by atoms with van der Waals surface area (Å²) in [5.41, 5.74) is 6.95. The van der Waals surface area contributed by atoms with E-state index in [2.05, 4.69) is 0 Å². The summed E-state index contributed by atoms with van der Waals surface area (Å²) in [5.74, 6) is 1.55. The summed E-state index contributed by atoms with van der Waals surface area (Å²) in [5, 5.41) is 0. The fourth-order valence-corrected chi connectivity index (χ4v) is 5.07. The molecule has 2 amide bonds. The number of fused-ring (bicyclic) bond motifs is 2. The van der Waals surface area contributed by atoms with E-state index in [1.165, 1.54) is 0 Å². The van der Waals surface area contributed by atoms with Crippen molar-refractivity contribution in [2.45, 2.75) is 25.3 Å². The number of carbonyl (C=O) groups excluding carboxylic acids is 2. The van der Waals surface area contributed by atoms with Crippen LogP contribution in [0.5, 0.6) is 11.5 Å². The monoisotopic (exact) mass is 371 g/mol. The van der Waals surface area contributed by atoms with Gasteiger partial charge in [-0.15, -0.1) is 0 Å². The molecule has 0 aromatic heterocycles. The normalized spacial score (nSPS) is 32.1. The Kier molecular flexibility index (Phi) is 4.00. The molecule has 27 heavy (non-hydrogen) atoms. The molecule has 7 nitrogen and oxygen atoms in total. The zero-order chi connectivity index (χ0) is 18.5. The van der Waals surface area contributed by atoms with E-state index in [9.17, 15) is 9.59 Å². The maximum absolute atomic E-state index is 13.0. The van der Waals surface area contributed by atoms with Crippen molar-refractivity contribution in [2.75, 3.05) is 37.7 Å². The van der Waals surface area contributed by atoms with E-state index in [4.69, 9.17) is 15.2 Å². The third kappa shape index (κ3) is 2.76. The lowest BCUT2D eigenvalue weighted by molar-refractivity contribution is -0.139. The van der Waals surface area contributed by atoms with Crippen LogP contribution in [-0.4, -0.2) is 55.6 Å². The van der Waals surface area contributed by atoms with Gasteiger partial charge >= 0.3 is 0 Å². The Labute approximate surface area is 158 Å². The molecule has 144 valence electrons. The fourth-order valence-electron chi connectivity index (χ4n) is 5.07. The lowest BCUT2D eigenvalue weighted by atomic mass is 9.98. The van der Waals surface area contributed by atoms with Crippen LogP contribution in [0.4, 0.5) is 5.69 Å². The van der Waals surface area contributed by atoms with Crippen LogP contribution in [0, 0.1) is 17.8 Å². The van der Waals surface area contributed by atoms with E-state index in [0.29, 0.717) is 56.1 Å². The third-order valence-corrected chi connectivity index (χ3v) is 6.57. The van der Waals surface area contributed by atoms with E-state index in [1.807, 2.05) is 23.1 Å². The summed E-state index contributed by atoms with van der Waals surface area (Å²) in [7, 11) is 0. The molecule has 4 aliphatic rings. The minimum Gasteiger partial charge on any atom is -0.486 e. The van der Waals surface area contributed by atoms with Gasteiger partial charge in [0.15, 0.2) is 11.5 Å². The molecule has 0 bridgehead atoms. The highest BCUT2D eigenvalue weighted by Crippen LogP contribution is 2.39. The van der Waals surface area contributed by atoms with Crippen LogP contribution in [0.3, 0.4) is 0 Å². The average Bonchev–Trinajstić information content (AvgIpc) is 3.37. The number of nitrogens with two attached hydrogens (primary N) is 1. The van der Waals surface area contributed by atoms with Crippen LogP contribution in [0.15, 0.2) is 18.2 Å². The summed E-state index contributed by atoms with van der Waals surface area (Å²) in [4.78, 5) is 29.5. The van der Waals surface area contributed by atoms with Crippen LogP contribution in [0.1, 0.15) is 19.3 Å². The van der Waals surface area contributed by atoms with Gasteiger partial charge in [0, 0.05) is 37.4 Å². The molecule has 1 aromatic carbocycles. The molecule has 3 fully saturated rings. The van der Waals surface area contributed by atoms with Gasteiger partial charge in [-0.25, -0.2) is 0 Å². The molecule has 3 aliphatic heterocycles. The molecule has 3 heterocycles. The second-order valence-corrected chi connectivity index (χ2v) is 8.07. The van der Waals surface area contributed by atoms with E-state index < -0.39 is 5.92 Å². The van der Waals surface area contributed by atoms with Crippen molar-refractivity contribution >= 4 is 17.5 Å². The smallest absolute Gasteiger partial charge is 0.239 e. The summed E-state index contributed by atoms with van der Waals surface area (Å²) >= 11 is 0. The largest absolute Gasteiger partial charge is 0.486 e. The van der Waals surface area contributed by atoms with Crippen LogP contribution in [0.2, 0.25) is 0 Å². The Bertz CT molecular complexity index is 782. The Hall–Kier alpha value is -2.28. The molecule has 4 unspecified atom stereocenters. The molecule has 4 atom stereocenters. The van der Waals surface area contributed by atoms with Gasteiger partial charge in [-0.1, -0.05) is 0 Å². The second-order valence-electron chi connectivity index (χ2n) is 8.07. The van der Waals surface area contributed by atoms with Gasteiger partial charge in [0.05, 0.1) is 0 Å². The Balaban J connectivity index is 1.29. The molecule has 2 N–H and O–H groups in total. The maximum atomic E-state index is 13.0. The molecule has 1 saturated carbocycles. The standard InChI is InChI=1S/C20H25N3O4/c21-16-3-1-12-10-22(11-15(12)16)19(24)14-5-6-23(20(14)25)13-2-4-17-18(9-13)27-8-7-26-17/h2,4,9,12,14-16H,1,3,5-8,10-11,21H2. The Morgan fingerprint density at radius 1 is 1.07 bits per heavy atom. The van der Waals surface area contributed by atoms with E-state index in [-0.39, 0.29) is 17.9 Å². The molecule has 0 radical (unpaired) electrons. The molecule has 0 spiro atoms. The number of anilines is 1. The predicted molar refractivity (Wildman–Crippen MR) is 98.7 cm³/mol. The van der Waals surface area contributed by atoms with Crippen LogP contribution in [0.25, 0.3) is 0 Å². The first kappa shape index (κ1) is 16.9. The van der Waals surface area contributed by atoms with Gasteiger partial charge < -0.3 is 25.0 Å². The summed E-state index contributed by atoms with van der Waals surface area (Å²) in [6, 6.07) is 5.71. The highest BCUT2D eigenvalue weighted by molar-refractivity contribution is 6.09. The van der Waals surface area contributed by atoms with E-state index in [1.54, 1.807) is 4.90 Å². The van der Waals surface area contributed by atoms with Gasteiger partial charge in [0.1, 0.15) is 19.1 Å². The van der Waals surface area contributed by atoms with Crippen molar-refractivity contribution in [1.82, 2.24) is 4.90 Å². The fraction of sp³-hybridized carbons (Fsp3) is 0.600. The number of amides is 2. The van der Waals surface area contributed by atoms with Crippen molar-refractivity contribution in [3.63, 3.8) is 0 Å². The number of hydrogen-bond donors (Lipinski definition) is 1. The van der Waals surface area contributed by atoms with Crippen molar-refractivity contribution in [3.8, 4) is 11.5 Å². The zero-order valence-electron chi connectivity index (χ0n) is 15.3. The van der Waals surface area contributed by atoms with E-state index in [0.717, 1.165) is 25.1 Å². The van der Waals surface area contributed by atoms with Gasteiger partial charge in [-0.05, 0) is 43.2 Å². The minimum atomic E-state index is -0.576. The topological polar surface area (TPSA) is 85.1 Å². The van der Waals surface area contributed by atoms with Crippen molar-refractivity contribution in [3.05, 3.63) is 18.2 Å². The molecule has 7 heteroatoms. The molecule has 1 aliphatic carbocycles. The summed E-state index contributed by atoms with van der Waals surface area (Å²) < 4.78 is 11.2. The second kappa shape index (κ2) is 6.41. The number of likely N-dealkylation sites (tertiary alicyclic amines) is 1. The van der Waals surface area contributed by atoms with Crippen LogP contribution >= 0.6 is 0 Å². The first-order chi connectivity index (χ1) is 13.1. The first-order valence-corrected chi connectivity index (χ1v) is 9.87. The number of nitrogens with zero attached hydrogens (tertiary/aromatic N) is 2. The molecular weight excluding hydrogens is 346 g/mol. The highest BCUT2D eigenvalue weighted by atomic mass is 16.6. The number of hydrogen-bond acceptors (Lipinski definition) is 5. The number of carbonyl (C=O) groups is 2. The quantitative estimate of drug-likeness (QED) is 0.784. The SMILES string of the molecule is NC1CCC2CN(C(=O)C3CCN(c4ccc5c(c4)OCCO5)C3=O)CC12. The average molecular weight is 371 g/mol. The number of benzene rings is 1. The summed E-state index contributed by atoms with van der Waals surface area (Å²) in [6.07, 6.45) is 2.71. The molecule has 5 rings (SSSR count). The molecule has 1 aromatic rings. The van der Waals surface area contributed by atoms with Crippen molar-refractivity contribution in [2.24, 2.45) is 23.5 Å². The lowest BCUT2D eigenvalue weighted by Gasteiger charge is -2.23. The molecule has 2 saturated heterocycles.